The summed E-state index contributed by atoms with van der Waals surface area (Å²) in [5.74, 6) is -0.138. The molecule has 0 saturated heterocycles. The molecule has 0 saturated carbocycles. The van der Waals surface area contributed by atoms with Crippen LogP contribution in [0.2, 0.25) is 0 Å². The Hall–Kier alpha value is -2.82. The number of imidazole rings is 1. The Morgan fingerprint density at radius 2 is 2.10 bits per heavy atom. The lowest BCUT2D eigenvalue weighted by atomic mass is 10.1. The molecule has 0 aliphatic heterocycles. The molecule has 0 aliphatic rings. The van der Waals surface area contributed by atoms with Crippen molar-refractivity contribution in [3.8, 4) is 0 Å². The Balaban J connectivity index is 1.69. The van der Waals surface area contributed by atoms with Gasteiger partial charge in [0.05, 0.1) is 18.2 Å². The number of benzene rings is 1. The minimum atomic E-state index is -0.138. The van der Waals surface area contributed by atoms with Crippen LogP contribution < -0.4 is 5.32 Å². The Bertz CT molecular complexity index is 703. The van der Waals surface area contributed by atoms with E-state index in [1.807, 2.05) is 29.0 Å². The summed E-state index contributed by atoms with van der Waals surface area (Å²) >= 11 is 0. The van der Waals surface area contributed by atoms with Gasteiger partial charge in [-0.3, -0.25) is 4.79 Å². The molecule has 0 aliphatic carbocycles. The standard InChI is InChI=1S/C16H15N3O2/c20-16(15-5-8-21-11-15)18-9-13-3-1-2-4-14(13)10-19-7-6-17-12-19/h1-8,11-12H,9-10H2,(H,18,20). The van der Waals surface area contributed by atoms with Gasteiger partial charge in [-0.25, -0.2) is 4.98 Å². The fourth-order valence-corrected chi connectivity index (χ4v) is 2.13. The van der Waals surface area contributed by atoms with Gasteiger partial charge < -0.3 is 14.3 Å². The Kier molecular flexibility index (Phi) is 3.82. The first-order valence-corrected chi connectivity index (χ1v) is 6.66. The van der Waals surface area contributed by atoms with Crippen LogP contribution in [-0.2, 0) is 13.1 Å². The molecule has 5 heteroatoms. The summed E-state index contributed by atoms with van der Waals surface area (Å²) in [5.41, 5.74) is 2.77. The van der Waals surface area contributed by atoms with Gasteiger partial charge in [0.2, 0.25) is 0 Å². The van der Waals surface area contributed by atoms with Crippen LogP contribution in [0.5, 0.6) is 0 Å². The molecule has 21 heavy (non-hydrogen) atoms. The van der Waals surface area contributed by atoms with Crippen molar-refractivity contribution in [2.75, 3.05) is 0 Å². The number of nitrogens with one attached hydrogen (secondary N) is 1. The summed E-state index contributed by atoms with van der Waals surface area (Å²) in [7, 11) is 0. The molecule has 106 valence electrons. The van der Waals surface area contributed by atoms with E-state index in [1.54, 1.807) is 18.6 Å². The molecule has 3 aromatic rings. The van der Waals surface area contributed by atoms with E-state index in [1.165, 1.54) is 12.5 Å². The highest BCUT2D eigenvalue weighted by Crippen LogP contribution is 2.11. The van der Waals surface area contributed by atoms with Crippen LogP contribution in [0, 0.1) is 0 Å². The summed E-state index contributed by atoms with van der Waals surface area (Å²) in [6.45, 7) is 1.21. The highest BCUT2D eigenvalue weighted by atomic mass is 16.3. The molecule has 2 aromatic heterocycles. The summed E-state index contributed by atoms with van der Waals surface area (Å²) in [5, 5.41) is 2.90. The van der Waals surface area contributed by atoms with Gasteiger partial charge >= 0.3 is 0 Å². The normalized spacial score (nSPS) is 10.5. The lowest BCUT2D eigenvalue weighted by Crippen LogP contribution is -2.23. The van der Waals surface area contributed by atoms with Crippen molar-refractivity contribution in [2.45, 2.75) is 13.1 Å². The average Bonchev–Trinajstić information content (AvgIpc) is 3.19. The number of hydrogen-bond acceptors (Lipinski definition) is 3. The Labute approximate surface area is 122 Å². The fraction of sp³-hybridized carbons (Fsp3) is 0.125. The summed E-state index contributed by atoms with van der Waals surface area (Å²) in [6, 6.07) is 9.68. The Morgan fingerprint density at radius 3 is 2.81 bits per heavy atom. The fourth-order valence-electron chi connectivity index (χ4n) is 2.13. The summed E-state index contributed by atoms with van der Waals surface area (Å²) in [6.07, 6.45) is 8.37. The SMILES string of the molecule is O=C(NCc1ccccc1Cn1ccnc1)c1ccoc1. The van der Waals surface area contributed by atoms with Crippen molar-refractivity contribution in [2.24, 2.45) is 0 Å². The maximum atomic E-state index is 11.9. The van der Waals surface area contributed by atoms with Crippen molar-refractivity contribution in [3.05, 3.63) is 78.3 Å². The van der Waals surface area contributed by atoms with E-state index in [2.05, 4.69) is 16.4 Å². The van der Waals surface area contributed by atoms with Gasteiger partial charge in [-0.15, -0.1) is 0 Å². The van der Waals surface area contributed by atoms with E-state index >= 15 is 0 Å². The minimum Gasteiger partial charge on any atom is -0.472 e. The molecule has 5 nitrogen and oxygen atoms in total. The van der Waals surface area contributed by atoms with E-state index in [9.17, 15) is 4.79 Å². The molecule has 1 aromatic carbocycles. The first-order chi connectivity index (χ1) is 10.3. The largest absolute Gasteiger partial charge is 0.472 e. The van der Waals surface area contributed by atoms with Crippen LogP contribution in [0.15, 0.2) is 66.0 Å². The van der Waals surface area contributed by atoms with Crippen molar-refractivity contribution in [1.82, 2.24) is 14.9 Å². The lowest BCUT2D eigenvalue weighted by Gasteiger charge is -2.10. The molecule has 1 amide bonds. The van der Waals surface area contributed by atoms with Gasteiger partial charge in [-0.2, -0.15) is 0 Å². The average molecular weight is 281 g/mol. The first kappa shape index (κ1) is 13.2. The quantitative estimate of drug-likeness (QED) is 0.781. The van der Waals surface area contributed by atoms with Crippen LogP contribution in [0.1, 0.15) is 21.5 Å². The van der Waals surface area contributed by atoms with Gasteiger partial charge in [0.15, 0.2) is 0 Å². The van der Waals surface area contributed by atoms with Crippen LogP contribution in [-0.4, -0.2) is 15.5 Å². The van der Waals surface area contributed by atoms with Gasteiger partial charge in [0.25, 0.3) is 5.91 Å². The maximum Gasteiger partial charge on any atom is 0.254 e. The maximum absolute atomic E-state index is 11.9. The smallest absolute Gasteiger partial charge is 0.254 e. The highest BCUT2D eigenvalue weighted by molar-refractivity contribution is 5.93. The number of amides is 1. The lowest BCUT2D eigenvalue weighted by molar-refractivity contribution is 0.0950. The van der Waals surface area contributed by atoms with E-state index in [0.717, 1.165) is 17.7 Å². The molecule has 2 heterocycles. The third-order valence-corrected chi connectivity index (χ3v) is 3.25. The van der Waals surface area contributed by atoms with Gasteiger partial charge in [-0.1, -0.05) is 24.3 Å². The molecule has 0 fully saturated rings. The van der Waals surface area contributed by atoms with E-state index in [-0.39, 0.29) is 5.91 Å². The number of carbonyl (C=O) groups is 1. The van der Waals surface area contributed by atoms with Crippen molar-refractivity contribution in [3.63, 3.8) is 0 Å². The second kappa shape index (κ2) is 6.09. The van der Waals surface area contributed by atoms with Gasteiger partial charge in [-0.05, 0) is 17.2 Å². The zero-order chi connectivity index (χ0) is 14.5. The zero-order valence-corrected chi connectivity index (χ0v) is 11.4. The third kappa shape index (κ3) is 3.20. The number of aromatic nitrogens is 2. The van der Waals surface area contributed by atoms with Crippen LogP contribution in [0.3, 0.4) is 0 Å². The van der Waals surface area contributed by atoms with E-state index in [4.69, 9.17) is 4.42 Å². The molecule has 3 rings (SSSR count). The molecule has 0 atom stereocenters. The number of rotatable bonds is 5. The number of furan rings is 1. The van der Waals surface area contributed by atoms with Crippen LogP contribution >= 0.6 is 0 Å². The number of carbonyl (C=O) groups excluding carboxylic acids is 1. The highest BCUT2D eigenvalue weighted by Gasteiger charge is 2.08. The molecule has 0 spiro atoms. The van der Waals surface area contributed by atoms with Gasteiger partial charge in [0.1, 0.15) is 6.26 Å². The van der Waals surface area contributed by atoms with Crippen molar-refractivity contribution in [1.29, 1.82) is 0 Å². The van der Waals surface area contributed by atoms with E-state index < -0.39 is 0 Å². The van der Waals surface area contributed by atoms with Crippen LogP contribution in [0.4, 0.5) is 0 Å². The van der Waals surface area contributed by atoms with Crippen molar-refractivity contribution < 1.29 is 9.21 Å². The second-order valence-electron chi connectivity index (χ2n) is 4.70. The minimum absolute atomic E-state index is 0.138. The summed E-state index contributed by atoms with van der Waals surface area (Å²) in [4.78, 5) is 16.0. The van der Waals surface area contributed by atoms with Crippen molar-refractivity contribution >= 4 is 5.91 Å². The third-order valence-electron chi connectivity index (χ3n) is 3.25. The molecule has 0 unspecified atom stereocenters. The Morgan fingerprint density at radius 1 is 1.24 bits per heavy atom. The zero-order valence-electron chi connectivity index (χ0n) is 11.4. The molecular formula is C16H15N3O2. The number of hydrogen-bond donors (Lipinski definition) is 1. The number of nitrogens with zero attached hydrogens (tertiary/aromatic N) is 2. The monoisotopic (exact) mass is 281 g/mol. The summed E-state index contributed by atoms with van der Waals surface area (Å²) < 4.78 is 6.91. The molecular weight excluding hydrogens is 266 g/mol. The molecule has 0 bridgehead atoms. The van der Waals surface area contributed by atoms with E-state index in [0.29, 0.717) is 12.1 Å². The first-order valence-electron chi connectivity index (χ1n) is 6.66. The van der Waals surface area contributed by atoms with Crippen LogP contribution in [0.25, 0.3) is 0 Å². The predicted octanol–water partition coefficient (Wildman–Crippen LogP) is 2.45. The second-order valence-corrected chi connectivity index (χ2v) is 4.70. The molecule has 0 radical (unpaired) electrons. The topological polar surface area (TPSA) is 60.1 Å². The van der Waals surface area contributed by atoms with Gasteiger partial charge in [0, 0.05) is 25.5 Å². The molecule has 1 N–H and O–H groups in total. The predicted molar refractivity (Wildman–Crippen MR) is 77.6 cm³/mol.